The van der Waals surface area contributed by atoms with Crippen molar-refractivity contribution in [1.29, 1.82) is 0 Å². The molecular formula is C20H12N4Si. The quantitative estimate of drug-likeness (QED) is 0.381. The Morgan fingerprint density at radius 2 is 0.960 bits per heavy atom. The molecule has 4 aromatic rings. The summed E-state index contributed by atoms with van der Waals surface area (Å²) in [6, 6.07) is 17.3. The van der Waals surface area contributed by atoms with E-state index in [1.54, 1.807) is 24.8 Å². The molecule has 0 unspecified atom stereocenters. The van der Waals surface area contributed by atoms with Gasteiger partial charge in [0.2, 0.25) is 8.07 Å². The highest BCUT2D eigenvalue weighted by molar-refractivity contribution is 7.23. The second-order valence-corrected chi connectivity index (χ2v) is 9.87. The average molecular weight is 336 g/mol. The van der Waals surface area contributed by atoms with Crippen LogP contribution in [0.5, 0.6) is 0 Å². The van der Waals surface area contributed by atoms with Crippen LogP contribution in [0.3, 0.4) is 0 Å². The van der Waals surface area contributed by atoms with Gasteiger partial charge in [-0.3, -0.25) is 19.9 Å². The van der Waals surface area contributed by atoms with Crippen molar-refractivity contribution < 1.29 is 0 Å². The molecule has 2 aromatic carbocycles. The normalized spacial score (nSPS) is 14.7. The van der Waals surface area contributed by atoms with Crippen LogP contribution >= 0.6 is 0 Å². The molecule has 0 amide bonds. The maximum Gasteiger partial charge on any atom is 0.230 e. The summed E-state index contributed by atoms with van der Waals surface area (Å²) in [6.07, 6.45) is 7.08. The van der Waals surface area contributed by atoms with Crippen molar-refractivity contribution >= 4 is 29.1 Å². The number of rotatable bonds is 0. The zero-order valence-corrected chi connectivity index (χ0v) is 14.2. The molecule has 4 heterocycles. The minimum atomic E-state index is -2.50. The third-order valence-corrected chi connectivity index (χ3v) is 9.92. The standard InChI is InChI=1S/C20H12N4Si/c1-3-7-15-13(5-1)14-6-2-4-8-16(14)25(15)19-17(21-9-11-23-19)18-20(25)24-12-10-22-18/h1-12H. The number of hydrogen-bond acceptors (Lipinski definition) is 4. The maximum absolute atomic E-state index is 4.83. The summed E-state index contributed by atoms with van der Waals surface area (Å²) in [5, 5.41) is 4.82. The molecule has 0 atom stereocenters. The van der Waals surface area contributed by atoms with Gasteiger partial charge in [-0.15, -0.1) is 0 Å². The number of fused-ring (bicyclic) bond motifs is 10. The van der Waals surface area contributed by atoms with Crippen molar-refractivity contribution in [2.45, 2.75) is 0 Å². The summed E-state index contributed by atoms with van der Waals surface area (Å²) in [6.45, 7) is 0. The summed E-state index contributed by atoms with van der Waals surface area (Å²) < 4.78 is 0. The molecule has 2 aromatic heterocycles. The first-order valence-corrected chi connectivity index (χ1v) is 10.2. The Balaban J connectivity index is 1.89. The zero-order chi connectivity index (χ0) is 16.4. The fourth-order valence-corrected chi connectivity index (χ4v) is 9.51. The van der Waals surface area contributed by atoms with Crippen molar-refractivity contribution in [3.05, 3.63) is 73.3 Å². The smallest absolute Gasteiger partial charge is 0.230 e. The molecular weight excluding hydrogens is 324 g/mol. The molecule has 0 fully saturated rings. The lowest BCUT2D eigenvalue weighted by Gasteiger charge is -2.24. The van der Waals surface area contributed by atoms with Gasteiger partial charge in [0.15, 0.2) is 0 Å². The van der Waals surface area contributed by atoms with E-state index in [1.165, 1.54) is 21.5 Å². The van der Waals surface area contributed by atoms with E-state index in [2.05, 4.69) is 58.5 Å². The molecule has 25 heavy (non-hydrogen) atoms. The molecule has 2 aliphatic heterocycles. The molecule has 116 valence electrons. The number of benzene rings is 2. The first-order valence-electron chi connectivity index (χ1n) is 8.25. The topological polar surface area (TPSA) is 51.6 Å². The van der Waals surface area contributed by atoms with Crippen molar-refractivity contribution in [2.75, 3.05) is 0 Å². The van der Waals surface area contributed by atoms with Crippen LogP contribution in [0.4, 0.5) is 0 Å². The number of nitrogens with zero attached hydrogens (tertiary/aromatic N) is 4. The van der Waals surface area contributed by atoms with Crippen molar-refractivity contribution in [2.24, 2.45) is 0 Å². The van der Waals surface area contributed by atoms with E-state index >= 15 is 0 Å². The van der Waals surface area contributed by atoms with Crippen LogP contribution < -0.4 is 21.0 Å². The zero-order valence-electron chi connectivity index (χ0n) is 13.2. The van der Waals surface area contributed by atoms with Gasteiger partial charge >= 0.3 is 0 Å². The fraction of sp³-hybridized carbons (Fsp3) is 0. The first kappa shape index (κ1) is 13.1. The molecule has 5 heteroatoms. The Hall–Kier alpha value is -3.18. The van der Waals surface area contributed by atoms with Crippen LogP contribution in [0.2, 0.25) is 0 Å². The molecule has 0 saturated carbocycles. The van der Waals surface area contributed by atoms with E-state index in [4.69, 9.17) is 9.97 Å². The highest BCUT2D eigenvalue weighted by Crippen LogP contribution is 2.32. The predicted octanol–water partition coefficient (Wildman–Crippen LogP) is 0.605. The van der Waals surface area contributed by atoms with Gasteiger partial charge in [-0.1, -0.05) is 48.5 Å². The monoisotopic (exact) mass is 336 g/mol. The van der Waals surface area contributed by atoms with Gasteiger partial charge in [0.25, 0.3) is 0 Å². The van der Waals surface area contributed by atoms with Crippen LogP contribution in [0.15, 0.2) is 73.3 Å². The summed E-state index contributed by atoms with van der Waals surface area (Å²) in [5.41, 5.74) is 4.37. The van der Waals surface area contributed by atoms with Gasteiger partial charge in [0, 0.05) is 24.8 Å². The first-order chi connectivity index (χ1) is 12.4. The number of hydrogen-bond donors (Lipinski definition) is 0. The van der Waals surface area contributed by atoms with E-state index in [1.807, 2.05) is 0 Å². The molecule has 1 spiro atoms. The maximum atomic E-state index is 4.83. The summed E-state index contributed by atoms with van der Waals surface area (Å²) >= 11 is 0. The minimum Gasteiger partial charge on any atom is -0.261 e. The predicted molar refractivity (Wildman–Crippen MR) is 99.2 cm³/mol. The molecule has 0 bridgehead atoms. The Labute approximate surface area is 145 Å². The van der Waals surface area contributed by atoms with Gasteiger partial charge in [-0.25, -0.2) is 0 Å². The van der Waals surface area contributed by atoms with Gasteiger partial charge in [-0.2, -0.15) is 0 Å². The van der Waals surface area contributed by atoms with Crippen LogP contribution in [-0.4, -0.2) is 28.0 Å². The van der Waals surface area contributed by atoms with E-state index in [9.17, 15) is 0 Å². The molecule has 0 N–H and O–H groups in total. The Kier molecular flexibility index (Phi) is 2.34. The van der Waals surface area contributed by atoms with Gasteiger partial charge < -0.3 is 0 Å². The molecule has 0 radical (unpaired) electrons. The van der Waals surface area contributed by atoms with Gasteiger partial charge in [-0.05, 0) is 21.5 Å². The number of aromatic nitrogens is 4. The largest absolute Gasteiger partial charge is 0.261 e. The third kappa shape index (κ3) is 1.39. The van der Waals surface area contributed by atoms with Crippen LogP contribution in [0.25, 0.3) is 22.5 Å². The SMILES string of the molecule is c1ccc2c(c1)-c1ccccc1[Si]21c2nccnc2-c2nccnc21. The summed E-state index contributed by atoms with van der Waals surface area (Å²) in [7, 11) is -2.50. The fourth-order valence-electron chi connectivity index (χ4n) is 4.43. The summed E-state index contributed by atoms with van der Waals surface area (Å²) in [4.78, 5) is 18.9. The lowest BCUT2D eigenvalue weighted by atomic mass is 10.1. The summed E-state index contributed by atoms with van der Waals surface area (Å²) in [5.74, 6) is 0. The van der Waals surface area contributed by atoms with Crippen molar-refractivity contribution in [1.82, 2.24) is 19.9 Å². The van der Waals surface area contributed by atoms with E-state index in [-0.39, 0.29) is 0 Å². The molecule has 0 aliphatic carbocycles. The minimum absolute atomic E-state index is 0.892. The lowest BCUT2D eigenvalue weighted by Crippen LogP contribution is -2.72. The van der Waals surface area contributed by atoms with Gasteiger partial charge in [0.05, 0.1) is 10.6 Å². The third-order valence-electron chi connectivity index (χ3n) is 5.28. The molecule has 6 rings (SSSR count). The average Bonchev–Trinajstić information content (AvgIpc) is 3.16. The van der Waals surface area contributed by atoms with Crippen LogP contribution in [0.1, 0.15) is 0 Å². The van der Waals surface area contributed by atoms with E-state index in [0.29, 0.717) is 0 Å². The Morgan fingerprint density at radius 3 is 1.48 bits per heavy atom. The van der Waals surface area contributed by atoms with Gasteiger partial charge in [0.1, 0.15) is 11.4 Å². The molecule has 0 saturated heterocycles. The van der Waals surface area contributed by atoms with E-state index in [0.717, 1.165) is 22.0 Å². The van der Waals surface area contributed by atoms with E-state index < -0.39 is 8.07 Å². The lowest BCUT2D eigenvalue weighted by molar-refractivity contribution is 1.20. The highest BCUT2D eigenvalue weighted by atomic mass is 28.3. The molecule has 2 aliphatic rings. The Morgan fingerprint density at radius 1 is 0.520 bits per heavy atom. The van der Waals surface area contributed by atoms with Crippen LogP contribution in [-0.2, 0) is 0 Å². The Bertz CT molecular complexity index is 984. The molecule has 4 nitrogen and oxygen atoms in total. The highest BCUT2D eigenvalue weighted by Gasteiger charge is 2.57. The van der Waals surface area contributed by atoms with Crippen molar-refractivity contribution in [3.63, 3.8) is 0 Å². The second-order valence-electron chi connectivity index (χ2n) is 6.35. The van der Waals surface area contributed by atoms with Crippen molar-refractivity contribution in [3.8, 4) is 22.5 Å². The second kappa shape index (κ2) is 4.46. The van der Waals surface area contributed by atoms with Crippen LogP contribution in [0, 0.1) is 0 Å².